The van der Waals surface area contributed by atoms with Gasteiger partial charge in [-0.15, -0.1) is 11.8 Å². The Labute approximate surface area is 204 Å². The number of esters is 1. The maximum atomic E-state index is 12.7. The predicted molar refractivity (Wildman–Crippen MR) is 124 cm³/mol. The fraction of sp³-hybridized carbons (Fsp3) is 0.391. The van der Waals surface area contributed by atoms with Gasteiger partial charge in [-0.1, -0.05) is 22.9 Å². The number of aryl methyl sites for hydroxylation is 3. The van der Waals surface area contributed by atoms with Gasteiger partial charge in [-0.3, -0.25) is 19.3 Å². The van der Waals surface area contributed by atoms with Crippen LogP contribution >= 0.6 is 11.8 Å². The Balaban J connectivity index is 1.42. The SMILES string of the molecule is CC(=O)OCC1=C(C(=O)O)N2C(=O)[C@@H](NC(=O)Cc3nc(-c4c(C)cc(C)cc4C)no3)[C@H]2SC1. The van der Waals surface area contributed by atoms with E-state index in [1.165, 1.54) is 18.7 Å². The van der Waals surface area contributed by atoms with E-state index >= 15 is 0 Å². The summed E-state index contributed by atoms with van der Waals surface area (Å²) >= 11 is 1.29. The number of nitrogens with one attached hydrogen (secondary N) is 1. The van der Waals surface area contributed by atoms with E-state index in [0.717, 1.165) is 27.2 Å². The molecule has 1 aromatic heterocycles. The maximum Gasteiger partial charge on any atom is 0.352 e. The molecule has 2 atom stereocenters. The molecule has 4 rings (SSSR count). The van der Waals surface area contributed by atoms with Crippen molar-refractivity contribution in [1.29, 1.82) is 0 Å². The van der Waals surface area contributed by atoms with Gasteiger partial charge in [0, 0.05) is 23.8 Å². The third kappa shape index (κ3) is 4.78. The van der Waals surface area contributed by atoms with Gasteiger partial charge in [0.1, 0.15) is 30.1 Å². The van der Waals surface area contributed by atoms with Gasteiger partial charge in [-0.25, -0.2) is 4.79 Å². The fourth-order valence-corrected chi connectivity index (χ4v) is 5.63. The van der Waals surface area contributed by atoms with Crippen molar-refractivity contribution in [2.75, 3.05) is 12.4 Å². The average molecular weight is 501 g/mol. The standard InChI is InChI=1S/C23H24N4O7S/c1-10-5-11(2)17(12(3)6-10)20-25-16(34-26-20)7-15(29)24-18-21(30)27-19(23(31)32)14(8-33-13(4)28)9-35-22(18)27/h5-6,18,22H,7-9H2,1-4H3,(H,24,29)(H,31,32)/t18-,22-/m1/s1. The van der Waals surface area contributed by atoms with E-state index in [2.05, 4.69) is 15.5 Å². The van der Waals surface area contributed by atoms with E-state index in [1.807, 2.05) is 32.9 Å². The van der Waals surface area contributed by atoms with Crippen molar-refractivity contribution in [3.05, 3.63) is 46.0 Å². The zero-order valence-corrected chi connectivity index (χ0v) is 20.4. The van der Waals surface area contributed by atoms with E-state index in [0.29, 0.717) is 11.4 Å². The molecular weight excluding hydrogens is 476 g/mol. The molecule has 2 aliphatic rings. The number of carbonyl (C=O) groups is 4. The first-order chi connectivity index (χ1) is 16.6. The topological polar surface area (TPSA) is 152 Å². The Morgan fingerprint density at radius 3 is 2.57 bits per heavy atom. The first-order valence-electron chi connectivity index (χ1n) is 10.8. The smallest absolute Gasteiger partial charge is 0.352 e. The highest BCUT2D eigenvalue weighted by atomic mass is 32.2. The van der Waals surface area contributed by atoms with Crippen LogP contribution < -0.4 is 5.32 Å². The van der Waals surface area contributed by atoms with Crippen LogP contribution in [-0.2, 0) is 30.3 Å². The fourth-order valence-electron chi connectivity index (χ4n) is 4.31. The van der Waals surface area contributed by atoms with Crippen LogP contribution in [0.5, 0.6) is 0 Å². The van der Waals surface area contributed by atoms with Crippen molar-refractivity contribution in [1.82, 2.24) is 20.4 Å². The minimum absolute atomic E-state index is 0.103. The van der Waals surface area contributed by atoms with Gasteiger partial charge in [-0.05, 0) is 31.9 Å². The van der Waals surface area contributed by atoms with Gasteiger partial charge in [0.25, 0.3) is 5.91 Å². The van der Waals surface area contributed by atoms with Crippen molar-refractivity contribution < 1.29 is 33.5 Å². The predicted octanol–water partition coefficient (Wildman–Crippen LogP) is 1.51. The number of fused-ring (bicyclic) bond motifs is 1. The van der Waals surface area contributed by atoms with Crippen molar-refractivity contribution in [3.8, 4) is 11.4 Å². The van der Waals surface area contributed by atoms with Gasteiger partial charge in [0.2, 0.25) is 17.6 Å². The Kier molecular flexibility index (Phi) is 6.66. The molecule has 35 heavy (non-hydrogen) atoms. The summed E-state index contributed by atoms with van der Waals surface area (Å²) < 4.78 is 10.2. The number of carboxylic acids is 1. The van der Waals surface area contributed by atoms with E-state index in [-0.39, 0.29) is 30.4 Å². The number of aliphatic carboxylic acids is 1. The Bertz CT molecular complexity index is 1250. The number of hydrogen-bond acceptors (Lipinski definition) is 9. The van der Waals surface area contributed by atoms with Crippen LogP contribution in [0.1, 0.15) is 29.5 Å². The van der Waals surface area contributed by atoms with Crippen LogP contribution in [-0.4, -0.2) is 67.7 Å². The number of ether oxygens (including phenoxy) is 1. The molecule has 0 aliphatic carbocycles. The van der Waals surface area contributed by atoms with Crippen LogP contribution in [0.25, 0.3) is 11.4 Å². The molecule has 0 radical (unpaired) electrons. The molecule has 0 saturated carbocycles. The number of benzene rings is 1. The van der Waals surface area contributed by atoms with Gasteiger partial charge in [0.15, 0.2) is 0 Å². The maximum absolute atomic E-state index is 12.7. The van der Waals surface area contributed by atoms with E-state index in [1.54, 1.807) is 0 Å². The summed E-state index contributed by atoms with van der Waals surface area (Å²) in [7, 11) is 0. The van der Waals surface area contributed by atoms with Crippen LogP contribution in [0.3, 0.4) is 0 Å². The molecule has 1 saturated heterocycles. The zero-order valence-electron chi connectivity index (χ0n) is 19.6. The number of amides is 2. The molecule has 12 heteroatoms. The lowest BCUT2D eigenvalue weighted by atomic mass is 9.99. The molecule has 1 aromatic carbocycles. The third-order valence-corrected chi connectivity index (χ3v) is 7.04. The minimum Gasteiger partial charge on any atom is -0.477 e. The minimum atomic E-state index is -1.30. The molecule has 0 spiro atoms. The number of hydrogen-bond donors (Lipinski definition) is 2. The third-order valence-electron chi connectivity index (χ3n) is 5.70. The summed E-state index contributed by atoms with van der Waals surface area (Å²) in [6.07, 6.45) is -0.225. The van der Waals surface area contributed by atoms with Crippen LogP contribution in [0.15, 0.2) is 27.9 Å². The molecular formula is C23H24N4O7S. The first kappa shape index (κ1) is 24.5. The highest BCUT2D eigenvalue weighted by molar-refractivity contribution is 8.00. The van der Waals surface area contributed by atoms with Gasteiger partial charge in [-0.2, -0.15) is 4.98 Å². The summed E-state index contributed by atoms with van der Waals surface area (Å²) in [6.45, 7) is 6.91. The summed E-state index contributed by atoms with van der Waals surface area (Å²) in [5.74, 6) is -2.16. The monoisotopic (exact) mass is 500 g/mol. The number of carboxylic acid groups (broad SMARTS) is 1. The molecule has 2 amide bonds. The van der Waals surface area contributed by atoms with Crippen LogP contribution in [0, 0.1) is 20.8 Å². The van der Waals surface area contributed by atoms with Gasteiger partial charge >= 0.3 is 11.9 Å². The lowest BCUT2D eigenvalue weighted by Crippen LogP contribution is -2.70. The number of nitrogens with zero attached hydrogens (tertiary/aromatic N) is 3. The van der Waals surface area contributed by atoms with Gasteiger partial charge in [0.05, 0.1) is 0 Å². The second-order valence-electron chi connectivity index (χ2n) is 8.45. The Morgan fingerprint density at radius 2 is 1.94 bits per heavy atom. The number of thioether (sulfide) groups is 1. The van der Waals surface area contributed by atoms with E-state index in [9.17, 15) is 24.3 Å². The second kappa shape index (κ2) is 9.53. The highest BCUT2D eigenvalue weighted by Crippen LogP contribution is 2.40. The summed E-state index contributed by atoms with van der Waals surface area (Å²) in [6, 6.07) is 3.14. The molecule has 2 N–H and O–H groups in total. The molecule has 2 aromatic rings. The molecule has 3 heterocycles. The van der Waals surface area contributed by atoms with Crippen LogP contribution in [0.4, 0.5) is 0 Å². The van der Waals surface area contributed by atoms with E-state index in [4.69, 9.17) is 9.26 Å². The Morgan fingerprint density at radius 1 is 1.26 bits per heavy atom. The lowest BCUT2D eigenvalue weighted by Gasteiger charge is -2.49. The number of β-lactam (4-membered cyclic amide) rings is 1. The van der Waals surface area contributed by atoms with Gasteiger partial charge < -0.3 is 19.7 Å². The molecule has 11 nitrogen and oxygen atoms in total. The largest absolute Gasteiger partial charge is 0.477 e. The highest BCUT2D eigenvalue weighted by Gasteiger charge is 2.54. The number of aromatic nitrogens is 2. The molecule has 0 bridgehead atoms. The van der Waals surface area contributed by atoms with Crippen molar-refractivity contribution in [2.24, 2.45) is 0 Å². The molecule has 0 unspecified atom stereocenters. The summed E-state index contributed by atoms with van der Waals surface area (Å²) in [5.41, 5.74) is 4.05. The molecule has 1 fully saturated rings. The van der Waals surface area contributed by atoms with E-state index < -0.39 is 35.2 Å². The summed E-state index contributed by atoms with van der Waals surface area (Å²) in [4.78, 5) is 53.7. The average Bonchev–Trinajstić information content (AvgIpc) is 3.22. The van der Waals surface area contributed by atoms with Crippen molar-refractivity contribution in [3.63, 3.8) is 0 Å². The normalized spacial score (nSPS) is 19.2. The van der Waals surface area contributed by atoms with Crippen molar-refractivity contribution in [2.45, 2.75) is 45.5 Å². The molecule has 184 valence electrons. The Hall–Kier alpha value is -3.67. The summed E-state index contributed by atoms with van der Waals surface area (Å²) in [5, 5.41) is 15.7. The van der Waals surface area contributed by atoms with Crippen molar-refractivity contribution >= 4 is 35.5 Å². The zero-order chi connectivity index (χ0) is 25.4. The second-order valence-corrected chi connectivity index (χ2v) is 9.56. The van der Waals surface area contributed by atoms with Crippen LogP contribution in [0.2, 0.25) is 0 Å². The quantitative estimate of drug-likeness (QED) is 0.423. The lowest BCUT2D eigenvalue weighted by molar-refractivity contribution is -0.151. The molecule has 2 aliphatic heterocycles. The number of carbonyl (C=O) groups excluding carboxylic acids is 3. The number of rotatable bonds is 7. The first-order valence-corrected chi connectivity index (χ1v) is 11.8.